The zero-order valence-corrected chi connectivity index (χ0v) is 15.6. The number of benzene rings is 1. The number of aryl methyl sites for hydroxylation is 2. The van der Waals surface area contributed by atoms with Crippen molar-refractivity contribution >= 4 is 5.69 Å². The molecule has 1 aromatic carbocycles. The minimum Gasteiger partial charge on any atom is -0.508 e. The lowest BCUT2D eigenvalue weighted by Crippen LogP contribution is -2.43. The summed E-state index contributed by atoms with van der Waals surface area (Å²) in [5.41, 5.74) is 2.24. The van der Waals surface area contributed by atoms with Crippen LogP contribution in [0, 0.1) is 0 Å². The van der Waals surface area contributed by atoms with E-state index in [-0.39, 0.29) is 17.4 Å². The van der Waals surface area contributed by atoms with Crippen LogP contribution in [0.2, 0.25) is 0 Å². The fourth-order valence-electron chi connectivity index (χ4n) is 3.24. The Morgan fingerprint density at radius 2 is 2.21 bits per heavy atom. The monoisotopic (exact) mass is 382 g/mol. The highest BCUT2D eigenvalue weighted by Gasteiger charge is 2.21. The number of phenolic OH excluding ortho intramolecular Hbond substituents is 1. The van der Waals surface area contributed by atoms with Crippen LogP contribution >= 0.6 is 0 Å². The average molecular weight is 382 g/mol. The van der Waals surface area contributed by atoms with E-state index < -0.39 is 0 Å². The molecule has 0 radical (unpaired) electrons. The Kier molecular flexibility index (Phi) is 5.07. The van der Waals surface area contributed by atoms with Crippen molar-refractivity contribution in [2.45, 2.75) is 19.1 Å². The Morgan fingerprint density at radius 3 is 3.04 bits per heavy atom. The lowest BCUT2D eigenvalue weighted by Gasteiger charge is -2.34. The molecule has 0 saturated carbocycles. The molecular formula is C19H22N6O3. The molecule has 4 rings (SSSR count). The van der Waals surface area contributed by atoms with Crippen LogP contribution < -0.4 is 10.5 Å². The van der Waals surface area contributed by atoms with Crippen LogP contribution in [0.1, 0.15) is 6.42 Å². The molecule has 1 fully saturated rings. The Bertz CT molecular complexity index is 1010. The van der Waals surface area contributed by atoms with Gasteiger partial charge in [0.15, 0.2) is 0 Å². The summed E-state index contributed by atoms with van der Waals surface area (Å²) in [6.45, 7) is 2.70. The third-order valence-corrected chi connectivity index (χ3v) is 4.82. The van der Waals surface area contributed by atoms with Gasteiger partial charge < -0.3 is 14.7 Å². The summed E-state index contributed by atoms with van der Waals surface area (Å²) in [6, 6.07) is 8.55. The first-order chi connectivity index (χ1) is 13.6. The highest BCUT2D eigenvalue weighted by molar-refractivity contribution is 5.59. The summed E-state index contributed by atoms with van der Waals surface area (Å²) >= 11 is 0. The smallest absolute Gasteiger partial charge is 0.268 e. The number of ether oxygens (including phenoxy) is 1. The van der Waals surface area contributed by atoms with Crippen LogP contribution in [-0.2, 0) is 18.3 Å². The van der Waals surface area contributed by atoms with Gasteiger partial charge in [0.1, 0.15) is 11.4 Å². The predicted molar refractivity (Wildman–Crippen MR) is 103 cm³/mol. The van der Waals surface area contributed by atoms with Crippen molar-refractivity contribution in [2.75, 3.05) is 24.6 Å². The Morgan fingerprint density at radius 1 is 1.32 bits per heavy atom. The first kappa shape index (κ1) is 18.2. The van der Waals surface area contributed by atoms with Crippen molar-refractivity contribution in [3.05, 3.63) is 53.1 Å². The van der Waals surface area contributed by atoms with Crippen molar-refractivity contribution in [1.29, 1.82) is 0 Å². The van der Waals surface area contributed by atoms with E-state index in [2.05, 4.69) is 20.3 Å². The van der Waals surface area contributed by atoms with Crippen molar-refractivity contribution in [3.63, 3.8) is 0 Å². The number of rotatable bonds is 5. The normalized spacial score (nSPS) is 17.0. The Labute approximate surface area is 161 Å². The second kappa shape index (κ2) is 7.81. The number of phenols is 1. The molecule has 0 bridgehead atoms. The number of hydrogen-bond donors (Lipinski definition) is 1. The second-order valence-corrected chi connectivity index (χ2v) is 6.82. The number of anilines is 1. The Balaban J connectivity index is 1.37. The molecule has 1 saturated heterocycles. The zero-order chi connectivity index (χ0) is 19.5. The minimum atomic E-state index is -0.123. The van der Waals surface area contributed by atoms with Gasteiger partial charge in [-0.15, -0.1) is 5.10 Å². The lowest BCUT2D eigenvalue weighted by atomic mass is 10.1. The molecule has 3 heterocycles. The summed E-state index contributed by atoms with van der Waals surface area (Å²) in [6.07, 6.45) is 4.38. The maximum absolute atomic E-state index is 11.8. The molecule has 0 spiro atoms. The molecule has 0 unspecified atom stereocenters. The molecule has 1 aliphatic heterocycles. The summed E-state index contributed by atoms with van der Waals surface area (Å²) in [5, 5.41) is 22.0. The van der Waals surface area contributed by atoms with E-state index in [9.17, 15) is 9.90 Å². The van der Waals surface area contributed by atoms with E-state index in [0.717, 1.165) is 24.2 Å². The fourth-order valence-corrected chi connectivity index (χ4v) is 3.24. The van der Waals surface area contributed by atoms with Gasteiger partial charge in [-0.2, -0.15) is 5.10 Å². The molecule has 9 heteroatoms. The largest absolute Gasteiger partial charge is 0.508 e. The van der Waals surface area contributed by atoms with Crippen LogP contribution in [0.4, 0.5) is 5.69 Å². The van der Waals surface area contributed by atoms with Gasteiger partial charge in [-0.3, -0.25) is 9.48 Å². The third kappa shape index (κ3) is 4.04. The van der Waals surface area contributed by atoms with E-state index in [1.54, 1.807) is 42.2 Å². The van der Waals surface area contributed by atoms with E-state index in [1.807, 2.05) is 12.3 Å². The third-order valence-electron chi connectivity index (χ3n) is 4.82. The second-order valence-electron chi connectivity index (χ2n) is 6.82. The maximum Gasteiger partial charge on any atom is 0.268 e. The van der Waals surface area contributed by atoms with Crippen molar-refractivity contribution in [1.82, 2.24) is 24.8 Å². The fraction of sp³-hybridized carbons (Fsp3) is 0.368. The number of morpholine rings is 1. The van der Waals surface area contributed by atoms with Crippen molar-refractivity contribution in [2.24, 2.45) is 7.05 Å². The van der Waals surface area contributed by atoms with Crippen LogP contribution in [-0.4, -0.2) is 55.7 Å². The van der Waals surface area contributed by atoms with Crippen LogP contribution in [0.15, 0.2) is 47.5 Å². The molecule has 0 aliphatic carbocycles. The van der Waals surface area contributed by atoms with Gasteiger partial charge in [0, 0.05) is 38.3 Å². The first-order valence-corrected chi connectivity index (χ1v) is 9.18. The summed E-state index contributed by atoms with van der Waals surface area (Å²) in [4.78, 5) is 14.0. The van der Waals surface area contributed by atoms with Gasteiger partial charge in [-0.05, 0) is 18.6 Å². The molecule has 1 atom stereocenters. The average Bonchev–Trinajstić information content (AvgIpc) is 3.18. The number of hydrogen-bond acceptors (Lipinski definition) is 7. The van der Waals surface area contributed by atoms with E-state index in [4.69, 9.17) is 4.74 Å². The highest BCUT2D eigenvalue weighted by atomic mass is 16.5. The minimum absolute atomic E-state index is 0.0335. The lowest BCUT2D eigenvalue weighted by molar-refractivity contribution is 0.0318. The van der Waals surface area contributed by atoms with Gasteiger partial charge in [-0.1, -0.05) is 17.3 Å². The zero-order valence-electron chi connectivity index (χ0n) is 15.6. The van der Waals surface area contributed by atoms with Gasteiger partial charge in [0.25, 0.3) is 5.56 Å². The van der Waals surface area contributed by atoms with Gasteiger partial charge in [-0.25, -0.2) is 4.68 Å². The standard InChI is InChI=1S/C19H22N6O3/c1-23-19(27)10-15(11-20-23)24-7-8-28-17(12-24)5-6-25-13-18(21-22-25)14-3-2-4-16(26)9-14/h2-4,9-11,13,17,26H,5-8,12H2,1H3/t17-/m1/s1. The van der Waals surface area contributed by atoms with E-state index in [0.29, 0.717) is 25.4 Å². The first-order valence-electron chi connectivity index (χ1n) is 9.18. The summed E-state index contributed by atoms with van der Waals surface area (Å²) < 4.78 is 8.97. The molecule has 1 N–H and O–H groups in total. The maximum atomic E-state index is 11.8. The SMILES string of the molecule is Cn1ncc(N2CCO[C@H](CCn3cc(-c4cccc(O)c4)nn3)C2)cc1=O. The number of aromatic hydroxyl groups is 1. The Hall–Kier alpha value is -3.20. The van der Waals surface area contributed by atoms with Crippen LogP contribution in [0.3, 0.4) is 0 Å². The number of aromatic nitrogens is 5. The number of nitrogens with zero attached hydrogens (tertiary/aromatic N) is 6. The highest BCUT2D eigenvalue weighted by Crippen LogP contribution is 2.21. The molecule has 0 amide bonds. The summed E-state index contributed by atoms with van der Waals surface area (Å²) in [7, 11) is 1.64. The topological polar surface area (TPSA) is 98.3 Å². The predicted octanol–water partition coefficient (Wildman–Crippen LogP) is 1.04. The molecule has 146 valence electrons. The quantitative estimate of drug-likeness (QED) is 0.704. The van der Waals surface area contributed by atoms with E-state index >= 15 is 0 Å². The molecule has 2 aromatic heterocycles. The van der Waals surface area contributed by atoms with E-state index in [1.165, 1.54) is 4.68 Å². The van der Waals surface area contributed by atoms with Crippen LogP contribution in [0.25, 0.3) is 11.3 Å². The molecule has 3 aromatic rings. The van der Waals surface area contributed by atoms with Crippen molar-refractivity contribution in [3.8, 4) is 17.0 Å². The molecule has 9 nitrogen and oxygen atoms in total. The summed E-state index contributed by atoms with van der Waals surface area (Å²) in [5.74, 6) is 0.202. The molecule has 1 aliphatic rings. The van der Waals surface area contributed by atoms with Gasteiger partial charge >= 0.3 is 0 Å². The van der Waals surface area contributed by atoms with Gasteiger partial charge in [0.05, 0.1) is 30.8 Å². The molecular weight excluding hydrogens is 360 g/mol. The van der Waals surface area contributed by atoms with Gasteiger partial charge in [0.2, 0.25) is 0 Å². The molecule has 28 heavy (non-hydrogen) atoms. The van der Waals surface area contributed by atoms with Crippen molar-refractivity contribution < 1.29 is 9.84 Å². The van der Waals surface area contributed by atoms with Crippen LogP contribution in [0.5, 0.6) is 5.75 Å².